The number of piperazine rings is 1. The maximum atomic E-state index is 15.9. The minimum Gasteiger partial charge on any atom is -0.466 e. The molecule has 0 saturated carbocycles. The van der Waals surface area contributed by atoms with E-state index in [9.17, 15) is 4.79 Å². The fourth-order valence-corrected chi connectivity index (χ4v) is 7.12. The molecule has 2 fully saturated rings. The zero-order chi connectivity index (χ0) is 29.6. The molecule has 228 valence electrons. The molecule has 8 nitrogen and oxygen atoms in total. The summed E-state index contributed by atoms with van der Waals surface area (Å²) < 4.78 is 20.9. The second-order valence-corrected chi connectivity index (χ2v) is 12.6. The van der Waals surface area contributed by atoms with E-state index >= 15 is 4.39 Å². The number of benzene rings is 1. The van der Waals surface area contributed by atoms with Gasteiger partial charge in [0, 0.05) is 67.3 Å². The van der Waals surface area contributed by atoms with Gasteiger partial charge in [0.25, 0.3) is 0 Å². The summed E-state index contributed by atoms with van der Waals surface area (Å²) in [5.74, 6) is -0.118. The number of hydrogen-bond donors (Lipinski definition) is 2. The standard InChI is InChI=1S/C31H42ClFN6O2S/c1-4-22-19-23(8-9-24(22)32)29-26(20-39-13-6-7-21(39)3)42-31(35-29)36-30-28(33)25(10-12-34-30)38-17-15-37(16-18-38)14-11-27(40)41-5-2/h8-10,19,21,34H,4-7,11-18,20H2,1-3H3,(H,35,36)/t21-/m1/s1. The van der Waals surface area contributed by atoms with Crippen molar-refractivity contribution in [3.63, 3.8) is 0 Å². The van der Waals surface area contributed by atoms with Gasteiger partial charge >= 0.3 is 5.97 Å². The van der Waals surface area contributed by atoms with E-state index in [-0.39, 0.29) is 11.8 Å². The van der Waals surface area contributed by atoms with Crippen LogP contribution in [-0.4, -0.2) is 84.1 Å². The van der Waals surface area contributed by atoms with Crippen LogP contribution in [0, 0.1) is 0 Å². The quantitative estimate of drug-likeness (QED) is 0.315. The van der Waals surface area contributed by atoms with Gasteiger partial charge in [0.1, 0.15) is 5.82 Å². The SMILES string of the molecule is CCOC(=O)CCN1CCN(C2=CCNC(Nc3nc(-c4ccc(Cl)c(CC)c4)c(CN4CCC[C@H]4C)s3)=C2F)CC1. The topological polar surface area (TPSA) is 73.0 Å². The minimum atomic E-state index is -0.299. The molecule has 2 aromatic rings. The first-order valence-corrected chi connectivity index (χ1v) is 16.3. The molecule has 1 aromatic heterocycles. The van der Waals surface area contributed by atoms with E-state index in [2.05, 4.69) is 45.2 Å². The highest BCUT2D eigenvalue weighted by atomic mass is 35.5. The van der Waals surface area contributed by atoms with Crippen LogP contribution in [0.25, 0.3) is 11.3 Å². The van der Waals surface area contributed by atoms with Gasteiger partial charge in [-0.25, -0.2) is 9.37 Å². The van der Waals surface area contributed by atoms with E-state index in [0.717, 1.165) is 54.4 Å². The fourth-order valence-electron chi connectivity index (χ4n) is 5.86. The first-order valence-electron chi connectivity index (χ1n) is 15.1. The van der Waals surface area contributed by atoms with Gasteiger partial charge in [0.15, 0.2) is 11.0 Å². The number of nitrogens with one attached hydrogen (secondary N) is 2. The van der Waals surface area contributed by atoms with E-state index in [1.54, 1.807) is 11.3 Å². The summed E-state index contributed by atoms with van der Waals surface area (Å²) in [5, 5.41) is 7.90. The first kappa shape index (κ1) is 30.8. The van der Waals surface area contributed by atoms with Crippen molar-refractivity contribution < 1.29 is 13.9 Å². The number of aryl methyl sites for hydroxylation is 1. The Morgan fingerprint density at radius 1 is 1.24 bits per heavy atom. The molecule has 11 heteroatoms. The van der Waals surface area contributed by atoms with Crippen molar-refractivity contribution in [3.05, 3.63) is 57.1 Å². The summed E-state index contributed by atoms with van der Waals surface area (Å²) in [4.78, 5) is 24.7. The predicted octanol–water partition coefficient (Wildman–Crippen LogP) is 5.62. The van der Waals surface area contributed by atoms with Gasteiger partial charge in [0.05, 0.1) is 24.4 Å². The molecule has 42 heavy (non-hydrogen) atoms. The molecule has 0 aliphatic carbocycles. The average molecular weight is 617 g/mol. The Balaban J connectivity index is 1.31. The minimum absolute atomic E-state index is 0.170. The number of esters is 1. The lowest BCUT2D eigenvalue weighted by molar-refractivity contribution is -0.143. The van der Waals surface area contributed by atoms with Crippen molar-refractivity contribution in [2.24, 2.45) is 0 Å². The summed E-state index contributed by atoms with van der Waals surface area (Å²) in [6.07, 6.45) is 5.54. The zero-order valence-electron chi connectivity index (χ0n) is 24.8. The molecule has 2 saturated heterocycles. The Morgan fingerprint density at radius 3 is 2.76 bits per heavy atom. The number of rotatable bonds is 11. The van der Waals surface area contributed by atoms with Crippen LogP contribution in [0.5, 0.6) is 0 Å². The van der Waals surface area contributed by atoms with Crippen LogP contribution < -0.4 is 10.6 Å². The highest BCUT2D eigenvalue weighted by Gasteiger charge is 2.27. The first-order chi connectivity index (χ1) is 20.4. The van der Waals surface area contributed by atoms with Gasteiger partial charge in [-0.2, -0.15) is 0 Å². The molecular formula is C31H42ClFN6O2S. The van der Waals surface area contributed by atoms with Gasteiger partial charge in [-0.3, -0.25) is 14.6 Å². The van der Waals surface area contributed by atoms with Crippen LogP contribution in [-0.2, 0) is 22.5 Å². The van der Waals surface area contributed by atoms with Gasteiger partial charge in [-0.05, 0) is 63.4 Å². The summed E-state index contributed by atoms with van der Waals surface area (Å²) in [6.45, 7) is 12.6. The van der Waals surface area contributed by atoms with Crippen LogP contribution in [0.3, 0.4) is 0 Å². The van der Waals surface area contributed by atoms with Gasteiger partial charge in [0.2, 0.25) is 0 Å². The second-order valence-electron chi connectivity index (χ2n) is 11.1. The molecule has 5 rings (SSSR count). The van der Waals surface area contributed by atoms with E-state index < -0.39 is 0 Å². The number of dihydropyridines is 1. The third kappa shape index (κ3) is 7.27. The number of halogens is 2. The number of carbonyl (C=O) groups is 1. The molecule has 0 spiro atoms. The summed E-state index contributed by atoms with van der Waals surface area (Å²) in [6, 6.07) is 6.64. The number of hydrogen-bond acceptors (Lipinski definition) is 9. The Morgan fingerprint density at radius 2 is 2.05 bits per heavy atom. The van der Waals surface area contributed by atoms with E-state index in [1.165, 1.54) is 17.7 Å². The lowest BCUT2D eigenvalue weighted by atomic mass is 10.1. The van der Waals surface area contributed by atoms with Gasteiger partial charge in [-0.1, -0.05) is 35.9 Å². The molecule has 0 radical (unpaired) electrons. The molecule has 3 aliphatic heterocycles. The smallest absolute Gasteiger partial charge is 0.307 e. The fraction of sp³-hybridized carbons (Fsp3) is 0.548. The van der Waals surface area contributed by atoms with Crippen LogP contribution in [0.4, 0.5) is 9.52 Å². The highest BCUT2D eigenvalue weighted by Crippen LogP contribution is 2.36. The number of aromatic nitrogens is 1. The molecule has 1 aromatic carbocycles. The number of ether oxygens (including phenoxy) is 1. The predicted molar refractivity (Wildman–Crippen MR) is 168 cm³/mol. The third-order valence-corrected chi connectivity index (χ3v) is 9.66. The summed E-state index contributed by atoms with van der Waals surface area (Å²) >= 11 is 8.02. The van der Waals surface area contributed by atoms with Crippen LogP contribution in [0.2, 0.25) is 5.02 Å². The lowest BCUT2D eigenvalue weighted by Crippen LogP contribution is -2.47. The Hall–Kier alpha value is -2.66. The van der Waals surface area contributed by atoms with Crippen molar-refractivity contribution in [2.75, 3.05) is 57.7 Å². The maximum Gasteiger partial charge on any atom is 0.307 e. The Labute approximate surface area is 257 Å². The van der Waals surface area contributed by atoms with Gasteiger partial charge < -0.3 is 20.3 Å². The number of nitrogens with zero attached hydrogens (tertiary/aromatic N) is 4. The normalized spacial score (nSPS) is 20.1. The van der Waals surface area contributed by atoms with Crippen molar-refractivity contribution in [3.8, 4) is 11.3 Å². The second kappa shape index (κ2) is 14.2. The number of likely N-dealkylation sites (tertiary alicyclic amines) is 1. The number of thiazole rings is 1. The lowest BCUT2D eigenvalue weighted by Gasteiger charge is -2.37. The largest absolute Gasteiger partial charge is 0.466 e. The van der Waals surface area contributed by atoms with Gasteiger partial charge in [-0.15, -0.1) is 0 Å². The Kier molecular flexibility index (Phi) is 10.4. The molecule has 0 unspecified atom stereocenters. The van der Waals surface area contributed by atoms with Crippen molar-refractivity contribution >= 4 is 34.0 Å². The van der Waals surface area contributed by atoms with E-state index in [0.29, 0.717) is 61.9 Å². The highest BCUT2D eigenvalue weighted by molar-refractivity contribution is 7.16. The van der Waals surface area contributed by atoms with Crippen LogP contribution in [0.15, 0.2) is 41.6 Å². The van der Waals surface area contributed by atoms with E-state index in [1.807, 2.05) is 25.1 Å². The van der Waals surface area contributed by atoms with Crippen LogP contribution >= 0.6 is 22.9 Å². The third-order valence-electron chi connectivity index (χ3n) is 8.34. The Bertz CT molecular complexity index is 1320. The van der Waals surface area contributed by atoms with Crippen LogP contribution in [0.1, 0.15) is 50.5 Å². The average Bonchev–Trinajstić information content (AvgIpc) is 3.59. The zero-order valence-corrected chi connectivity index (χ0v) is 26.4. The molecule has 4 heterocycles. The molecular weight excluding hydrogens is 575 g/mol. The molecule has 1 atom stereocenters. The summed E-state index contributed by atoms with van der Waals surface area (Å²) in [7, 11) is 0. The number of anilines is 1. The number of carbonyl (C=O) groups excluding carboxylic acids is 1. The summed E-state index contributed by atoms with van der Waals surface area (Å²) in [5.41, 5.74) is 3.67. The van der Waals surface area contributed by atoms with Crippen molar-refractivity contribution in [1.82, 2.24) is 25.0 Å². The molecule has 3 aliphatic rings. The maximum absolute atomic E-state index is 15.9. The molecule has 2 N–H and O–H groups in total. The molecule has 0 amide bonds. The van der Waals surface area contributed by atoms with Crippen molar-refractivity contribution in [1.29, 1.82) is 0 Å². The van der Waals surface area contributed by atoms with Crippen molar-refractivity contribution in [2.45, 2.75) is 59.0 Å². The van der Waals surface area contributed by atoms with E-state index in [4.69, 9.17) is 21.3 Å². The molecule has 0 bridgehead atoms. The monoisotopic (exact) mass is 616 g/mol. The number of allylic oxidation sites excluding steroid dienone is 1.